The lowest BCUT2D eigenvalue weighted by atomic mass is 10.1. The van der Waals surface area contributed by atoms with Crippen LogP contribution in [0.3, 0.4) is 0 Å². The number of nitrogens with zero attached hydrogens (tertiary/aromatic N) is 1. The molecule has 1 aliphatic heterocycles. The molecule has 1 heterocycles. The highest BCUT2D eigenvalue weighted by molar-refractivity contribution is 7.90. The third-order valence-electron chi connectivity index (χ3n) is 3.82. The van der Waals surface area contributed by atoms with Crippen molar-refractivity contribution in [3.8, 4) is 5.75 Å². The van der Waals surface area contributed by atoms with Crippen molar-refractivity contribution >= 4 is 15.7 Å². The van der Waals surface area contributed by atoms with Crippen molar-refractivity contribution in [3.05, 3.63) is 24.3 Å². The normalized spacial score (nSPS) is 16.7. The zero-order valence-electron chi connectivity index (χ0n) is 13.0. The molecule has 0 unspecified atom stereocenters. The maximum Gasteiger partial charge on any atom is 0.260 e. The molecule has 0 bridgehead atoms. The molecule has 6 heteroatoms. The first-order valence-corrected chi connectivity index (χ1v) is 9.57. The number of amides is 1. The Balaban J connectivity index is 1.87. The molecule has 1 aliphatic rings. The summed E-state index contributed by atoms with van der Waals surface area (Å²) < 4.78 is 28.2. The van der Waals surface area contributed by atoms with E-state index in [1.165, 1.54) is 31.4 Å². The Hall–Kier alpha value is -1.56. The molecule has 1 aromatic carbocycles. The van der Waals surface area contributed by atoms with Crippen LogP contribution in [0.25, 0.3) is 0 Å². The first kappa shape index (κ1) is 16.8. The summed E-state index contributed by atoms with van der Waals surface area (Å²) in [7, 11) is -3.21. The van der Waals surface area contributed by atoms with Crippen molar-refractivity contribution in [1.29, 1.82) is 0 Å². The van der Waals surface area contributed by atoms with Crippen LogP contribution >= 0.6 is 0 Å². The number of hydrogen-bond donors (Lipinski definition) is 0. The summed E-state index contributed by atoms with van der Waals surface area (Å²) in [5, 5.41) is 0. The van der Waals surface area contributed by atoms with E-state index in [1.807, 2.05) is 4.90 Å². The molecule has 2 rings (SSSR count). The van der Waals surface area contributed by atoms with E-state index in [-0.39, 0.29) is 17.4 Å². The van der Waals surface area contributed by atoms with E-state index in [2.05, 4.69) is 0 Å². The van der Waals surface area contributed by atoms with E-state index in [1.54, 1.807) is 12.1 Å². The van der Waals surface area contributed by atoms with Gasteiger partial charge in [0.05, 0.1) is 4.90 Å². The summed E-state index contributed by atoms with van der Waals surface area (Å²) in [5.74, 6) is 0.502. The highest BCUT2D eigenvalue weighted by Gasteiger charge is 2.15. The van der Waals surface area contributed by atoms with Crippen LogP contribution in [0.5, 0.6) is 5.75 Å². The van der Waals surface area contributed by atoms with E-state index in [0.717, 1.165) is 32.2 Å². The fourth-order valence-electron chi connectivity index (χ4n) is 2.52. The second-order valence-corrected chi connectivity index (χ2v) is 7.70. The quantitative estimate of drug-likeness (QED) is 0.852. The van der Waals surface area contributed by atoms with E-state index < -0.39 is 9.84 Å². The fourth-order valence-corrected chi connectivity index (χ4v) is 3.15. The summed E-state index contributed by atoms with van der Waals surface area (Å²) in [4.78, 5) is 14.3. The number of carbonyl (C=O) groups is 1. The van der Waals surface area contributed by atoms with Crippen LogP contribution in [0.15, 0.2) is 29.2 Å². The van der Waals surface area contributed by atoms with Gasteiger partial charge in [0.15, 0.2) is 16.4 Å². The van der Waals surface area contributed by atoms with E-state index in [9.17, 15) is 13.2 Å². The third kappa shape index (κ3) is 5.02. The van der Waals surface area contributed by atoms with Gasteiger partial charge in [0, 0.05) is 19.3 Å². The summed E-state index contributed by atoms with van der Waals surface area (Å²) in [6.45, 7) is 1.60. The molecule has 0 aromatic heterocycles. The Morgan fingerprint density at radius 3 is 2.14 bits per heavy atom. The standard InChI is InChI=1S/C16H23NO4S/c1-22(19,20)15-9-7-14(8-10-15)21-13-16(18)17-11-5-3-2-4-6-12-17/h7-10H,2-6,11-13H2,1H3. The molecule has 0 N–H and O–H groups in total. The van der Waals surface area contributed by atoms with E-state index in [0.29, 0.717) is 5.75 Å². The van der Waals surface area contributed by atoms with Gasteiger partial charge < -0.3 is 9.64 Å². The third-order valence-corrected chi connectivity index (χ3v) is 4.95. The Kier molecular flexibility index (Phi) is 5.83. The topological polar surface area (TPSA) is 63.7 Å². The maximum atomic E-state index is 12.2. The number of ether oxygens (including phenoxy) is 1. The highest BCUT2D eigenvalue weighted by Crippen LogP contribution is 2.16. The van der Waals surface area contributed by atoms with E-state index in [4.69, 9.17) is 4.74 Å². The number of hydrogen-bond acceptors (Lipinski definition) is 4. The molecule has 0 radical (unpaired) electrons. The number of carbonyl (C=O) groups excluding carboxylic acids is 1. The van der Waals surface area contributed by atoms with Crippen molar-refractivity contribution in [1.82, 2.24) is 4.90 Å². The van der Waals surface area contributed by atoms with Gasteiger partial charge in [-0.1, -0.05) is 19.3 Å². The molecule has 22 heavy (non-hydrogen) atoms. The van der Waals surface area contributed by atoms with Gasteiger partial charge in [0.2, 0.25) is 0 Å². The SMILES string of the molecule is CS(=O)(=O)c1ccc(OCC(=O)N2CCCCCCC2)cc1. The van der Waals surface area contributed by atoms with Crippen molar-refractivity contribution in [2.75, 3.05) is 26.0 Å². The lowest BCUT2D eigenvalue weighted by molar-refractivity contribution is -0.133. The summed E-state index contributed by atoms with van der Waals surface area (Å²) in [5.41, 5.74) is 0. The van der Waals surface area contributed by atoms with Crippen molar-refractivity contribution in [2.45, 2.75) is 37.0 Å². The minimum Gasteiger partial charge on any atom is -0.484 e. The molecule has 1 aromatic rings. The Morgan fingerprint density at radius 2 is 1.59 bits per heavy atom. The molecule has 122 valence electrons. The zero-order chi connectivity index (χ0) is 16.0. The number of sulfone groups is 1. The van der Waals surface area contributed by atoms with Crippen LogP contribution in [0.1, 0.15) is 32.1 Å². The molecule has 0 spiro atoms. The fraction of sp³-hybridized carbons (Fsp3) is 0.562. The smallest absolute Gasteiger partial charge is 0.260 e. The Morgan fingerprint density at radius 1 is 1.05 bits per heavy atom. The Labute approximate surface area is 132 Å². The van der Waals surface area contributed by atoms with Gasteiger partial charge in [0.1, 0.15) is 5.75 Å². The van der Waals surface area contributed by atoms with Crippen LogP contribution < -0.4 is 4.74 Å². The van der Waals surface area contributed by atoms with E-state index >= 15 is 0 Å². The molecule has 0 atom stereocenters. The van der Waals surface area contributed by atoms with Crippen LogP contribution in [-0.4, -0.2) is 45.2 Å². The second kappa shape index (κ2) is 7.63. The first-order valence-electron chi connectivity index (χ1n) is 7.67. The minimum absolute atomic E-state index is 0.00176. The first-order chi connectivity index (χ1) is 10.5. The summed E-state index contributed by atoms with van der Waals surface area (Å²) in [6.07, 6.45) is 6.87. The number of rotatable bonds is 4. The summed E-state index contributed by atoms with van der Waals surface area (Å²) >= 11 is 0. The minimum atomic E-state index is -3.21. The van der Waals surface area contributed by atoms with Crippen molar-refractivity contribution < 1.29 is 17.9 Å². The van der Waals surface area contributed by atoms with Gasteiger partial charge >= 0.3 is 0 Å². The van der Waals surface area contributed by atoms with Crippen molar-refractivity contribution in [3.63, 3.8) is 0 Å². The van der Waals surface area contributed by atoms with Crippen LogP contribution in [0, 0.1) is 0 Å². The van der Waals surface area contributed by atoms with Crippen LogP contribution in [0.2, 0.25) is 0 Å². The monoisotopic (exact) mass is 325 g/mol. The van der Waals surface area contributed by atoms with Gasteiger partial charge in [-0.2, -0.15) is 0 Å². The number of benzene rings is 1. The summed E-state index contributed by atoms with van der Waals surface area (Å²) in [6, 6.07) is 6.14. The van der Waals surface area contributed by atoms with Gasteiger partial charge in [-0.15, -0.1) is 0 Å². The van der Waals surface area contributed by atoms with Gasteiger partial charge in [-0.05, 0) is 37.1 Å². The van der Waals surface area contributed by atoms with Gasteiger partial charge in [-0.3, -0.25) is 4.79 Å². The van der Waals surface area contributed by atoms with Crippen LogP contribution in [-0.2, 0) is 14.6 Å². The predicted octanol–water partition coefficient (Wildman–Crippen LogP) is 2.26. The second-order valence-electron chi connectivity index (χ2n) is 5.68. The molecule has 1 saturated heterocycles. The average molecular weight is 325 g/mol. The van der Waals surface area contributed by atoms with Gasteiger partial charge in [0.25, 0.3) is 5.91 Å². The van der Waals surface area contributed by atoms with Gasteiger partial charge in [-0.25, -0.2) is 8.42 Å². The molecule has 0 aliphatic carbocycles. The maximum absolute atomic E-state index is 12.2. The molecular weight excluding hydrogens is 302 g/mol. The van der Waals surface area contributed by atoms with Crippen molar-refractivity contribution in [2.24, 2.45) is 0 Å². The zero-order valence-corrected chi connectivity index (χ0v) is 13.8. The lowest BCUT2D eigenvalue weighted by Crippen LogP contribution is -2.37. The molecular formula is C16H23NO4S. The average Bonchev–Trinajstić information content (AvgIpc) is 2.44. The predicted molar refractivity (Wildman–Crippen MR) is 84.7 cm³/mol. The molecule has 0 saturated carbocycles. The van der Waals surface area contributed by atoms with Crippen LogP contribution in [0.4, 0.5) is 0 Å². The lowest BCUT2D eigenvalue weighted by Gasteiger charge is -2.24. The Bertz CT molecular complexity index is 587. The number of likely N-dealkylation sites (tertiary alicyclic amines) is 1. The molecule has 1 amide bonds. The molecule has 1 fully saturated rings. The molecule has 5 nitrogen and oxygen atoms in total. The highest BCUT2D eigenvalue weighted by atomic mass is 32.2. The largest absolute Gasteiger partial charge is 0.484 e.